The Morgan fingerprint density at radius 2 is 2.00 bits per heavy atom. The van der Waals surface area contributed by atoms with Crippen molar-refractivity contribution in [2.24, 2.45) is 0 Å². The lowest BCUT2D eigenvalue weighted by Gasteiger charge is -1.98. The highest BCUT2D eigenvalue weighted by Gasteiger charge is 2.11. The number of thioether (sulfide) groups is 1. The summed E-state index contributed by atoms with van der Waals surface area (Å²) in [7, 11) is 0. The summed E-state index contributed by atoms with van der Waals surface area (Å²) in [5.41, 5.74) is 3.10. The minimum absolute atomic E-state index is 0.237. The molecular formula is C18H14FN3OS. The van der Waals surface area contributed by atoms with E-state index in [4.69, 9.17) is 4.42 Å². The Hall–Kier alpha value is -2.60. The summed E-state index contributed by atoms with van der Waals surface area (Å²) in [5.74, 6) is 0.923. The maximum absolute atomic E-state index is 13.2. The molecule has 1 N–H and O–H groups in total. The third-order valence-corrected chi connectivity index (χ3v) is 4.61. The molecule has 0 fully saturated rings. The summed E-state index contributed by atoms with van der Waals surface area (Å²) in [6.45, 7) is 0. The lowest BCUT2D eigenvalue weighted by Crippen LogP contribution is -1.86. The third-order valence-electron chi connectivity index (χ3n) is 3.72. The molecule has 2 aromatic carbocycles. The average Bonchev–Trinajstić information content (AvgIpc) is 3.21. The first-order chi connectivity index (χ1) is 11.8. The number of H-pyrrole nitrogens is 1. The van der Waals surface area contributed by atoms with Crippen LogP contribution in [0.25, 0.3) is 10.9 Å². The molecule has 0 unspecified atom stereocenters. The molecule has 0 aliphatic heterocycles. The van der Waals surface area contributed by atoms with Crippen LogP contribution in [0.3, 0.4) is 0 Å². The van der Waals surface area contributed by atoms with E-state index in [9.17, 15) is 4.39 Å². The maximum atomic E-state index is 13.2. The predicted molar refractivity (Wildman–Crippen MR) is 91.4 cm³/mol. The van der Waals surface area contributed by atoms with Gasteiger partial charge in [0, 0.05) is 22.9 Å². The van der Waals surface area contributed by atoms with Gasteiger partial charge in [0.25, 0.3) is 5.22 Å². The minimum Gasteiger partial charge on any atom is -0.416 e. The average molecular weight is 339 g/mol. The molecule has 0 spiro atoms. The summed E-state index contributed by atoms with van der Waals surface area (Å²) in [6.07, 6.45) is 2.55. The fourth-order valence-electron chi connectivity index (χ4n) is 2.58. The number of nitrogens with one attached hydrogen (secondary N) is 1. The van der Waals surface area contributed by atoms with Crippen molar-refractivity contribution in [1.82, 2.24) is 15.2 Å². The van der Waals surface area contributed by atoms with Crippen LogP contribution in [0.4, 0.5) is 4.39 Å². The molecular weight excluding hydrogens is 325 g/mol. The number of hydrogen-bond acceptors (Lipinski definition) is 4. The molecule has 0 bridgehead atoms. The Kier molecular flexibility index (Phi) is 4.04. The number of para-hydroxylation sites is 1. The molecule has 6 heteroatoms. The van der Waals surface area contributed by atoms with Crippen LogP contribution in [-0.4, -0.2) is 15.2 Å². The van der Waals surface area contributed by atoms with Crippen molar-refractivity contribution >= 4 is 22.7 Å². The van der Waals surface area contributed by atoms with Crippen molar-refractivity contribution in [3.8, 4) is 0 Å². The first kappa shape index (κ1) is 15.0. The number of benzene rings is 2. The van der Waals surface area contributed by atoms with Gasteiger partial charge >= 0.3 is 0 Å². The zero-order chi connectivity index (χ0) is 16.4. The number of fused-ring (bicyclic) bond motifs is 1. The quantitative estimate of drug-likeness (QED) is 0.541. The van der Waals surface area contributed by atoms with Gasteiger partial charge in [0.05, 0.1) is 6.42 Å². The number of halogens is 1. The van der Waals surface area contributed by atoms with Crippen molar-refractivity contribution in [1.29, 1.82) is 0 Å². The molecule has 0 amide bonds. The predicted octanol–water partition coefficient (Wildman–Crippen LogP) is 4.57. The highest BCUT2D eigenvalue weighted by Crippen LogP contribution is 2.24. The molecule has 4 nitrogen and oxygen atoms in total. The Labute approximate surface area is 142 Å². The molecule has 0 saturated carbocycles. The first-order valence-corrected chi connectivity index (χ1v) is 8.51. The number of aromatic nitrogens is 3. The van der Waals surface area contributed by atoms with E-state index >= 15 is 0 Å². The lowest BCUT2D eigenvalue weighted by atomic mass is 10.1. The van der Waals surface area contributed by atoms with Gasteiger partial charge in [-0.15, -0.1) is 10.2 Å². The second-order valence-electron chi connectivity index (χ2n) is 5.42. The van der Waals surface area contributed by atoms with Crippen LogP contribution >= 0.6 is 11.8 Å². The van der Waals surface area contributed by atoms with Gasteiger partial charge in [0.15, 0.2) is 0 Å². The molecule has 0 saturated heterocycles. The number of hydrogen-bond donors (Lipinski definition) is 1. The first-order valence-electron chi connectivity index (χ1n) is 7.52. The molecule has 0 aliphatic rings. The Morgan fingerprint density at radius 3 is 2.92 bits per heavy atom. The highest BCUT2D eigenvalue weighted by molar-refractivity contribution is 7.98. The Bertz CT molecular complexity index is 979. The van der Waals surface area contributed by atoms with Gasteiger partial charge in [0.1, 0.15) is 5.82 Å². The second kappa shape index (κ2) is 6.49. The van der Waals surface area contributed by atoms with E-state index in [0.717, 1.165) is 22.0 Å². The molecule has 0 atom stereocenters. The molecule has 2 heterocycles. The summed E-state index contributed by atoms with van der Waals surface area (Å²) >= 11 is 1.40. The molecule has 2 aromatic heterocycles. The third kappa shape index (κ3) is 3.19. The zero-order valence-electron chi connectivity index (χ0n) is 12.7. The van der Waals surface area contributed by atoms with Crippen molar-refractivity contribution in [2.45, 2.75) is 17.4 Å². The van der Waals surface area contributed by atoms with Crippen molar-refractivity contribution in [2.75, 3.05) is 0 Å². The van der Waals surface area contributed by atoms with Crippen LogP contribution < -0.4 is 0 Å². The lowest BCUT2D eigenvalue weighted by molar-refractivity contribution is 0.420. The Morgan fingerprint density at radius 1 is 1.08 bits per heavy atom. The van der Waals surface area contributed by atoms with Gasteiger partial charge in [-0.1, -0.05) is 42.1 Å². The van der Waals surface area contributed by atoms with E-state index in [0.29, 0.717) is 23.3 Å². The molecule has 120 valence electrons. The molecule has 0 radical (unpaired) electrons. The van der Waals surface area contributed by atoms with Crippen LogP contribution in [0.2, 0.25) is 0 Å². The largest absolute Gasteiger partial charge is 0.416 e. The fraction of sp³-hybridized carbons (Fsp3) is 0.111. The monoisotopic (exact) mass is 339 g/mol. The number of rotatable bonds is 5. The van der Waals surface area contributed by atoms with E-state index in [1.807, 2.05) is 30.5 Å². The van der Waals surface area contributed by atoms with Crippen LogP contribution in [0, 0.1) is 5.82 Å². The van der Waals surface area contributed by atoms with Crippen molar-refractivity contribution < 1.29 is 8.81 Å². The van der Waals surface area contributed by atoms with Gasteiger partial charge in [-0.2, -0.15) is 0 Å². The van der Waals surface area contributed by atoms with E-state index < -0.39 is 0 Å². The standard InChI is InChI=1S/C18H14FN3OS/c19-14-5-3-4-12(8-14)11-24-18-22-21-17(23-18)9-13-10-20-16-7-2-1-6-15(13)16/h1-8,10,20H,9,11H2. The molecule has 4 rings (SSSR count). The van der Waals surface area contributed by atoms with E-state index in [2.05, 4.69) is 21.2 Å². The summed E-state index contributed by atoms with van der Waals surface area (Å²) in [6, 6.07) is 14.6. The fourth-order valence-corrected chi connectivity index (χ4v) is 3.30. The van der Waals surface area contributed by atoms with Crippen LogP contribution in [0.15, 0.2) is 64.4 Å². The molecule has 0 aliphatic carbocycles. The SMILES string of the molecule is Fc1cccc(CSc2nnc(Cc3c[nH]c4ccccc34)o2)c1. The number of aromatic amines is 1. The van der Waals surface area contributed by atoms with E-state index in [1.165, 1.54) is 23.9 Å². The van der Waals surface area contributed by atoms with Gasteiger partial charge in [0.2, 0.25) is 5.89 Å². The minimum atomic E-state index is -0.237. The van der Waals surface area contributed by atoms with Gasteiger partial charge in [-0.3, -0.25) is 0 Å². The smallest absolute Gasteiger partial charge is 0.276 e. The second-order valence-corrected chi connectivity index (χ2v) is 6.34. The topological polar surface area (TPSA) is 54.7 Å². The summed E-state index contributed by atoms with van der Waals surface area (Å²) in [5, 5.41) is 9.81. The summed E-state index contributed by atoms with van der Waals surface area (Å²) in [4.78, 5) is 3.24. The molecule has 24 heavy (non-hydrogen) atoms. The zero-order valence-corrected chi connectivity index (χ0v) is 13.5. The molecule has 4 aromatic rings. The normalized spacial score (nSPS) is 11.2. The van der Waals surface area contributed by atoms with Crippen LogP contribution in [0.5, 0.6) is 0 Å². The van der Waals surface area contributed by atoms with E-state index in [-0.39, 0.29) is 5.82 Å². The van der Waals surface area contributed by atoms with Gasteiger partial charge in [-0.05, 0) is 29.3 Å². The van der Waals surface area contributed by atoms with Gasteiger partial charge in [-0.25, -0.2) is 4.39 Å². The number of nitrogens with zero attached hydrogens (tertiary/aromatic N) is 2. The van der Waals surface area contributed by atoms with Crippen molar-refractivity contribution in [3.63, 3.8) is 0 Å². The van der Waals surface area contributed by atoms with E-state index in [1.54, 1.807) is 6.07 Å². The summed E-state index contributed by atoms with van der Waals surface area (Å²) < 4.78 is 18.9. The highest BCUT2D eigenvalue weighted by atomic mass is 32.2. The van der Waals surface area contributed by atoms with Gasteiger partial charge < -0.3 is 9.40 Å². The Balaban J connectivity index is 1.45. The van der Waals surface area contributed by atoms with Crippen LogP contribution in [-0.2, 0) is 12.2 Å². The van der Waals surface area contributed by atoms with Crippen molar-refractivity contribution in [3.05, 3.63) is 77.6 Å². The van der Waals surface area contributed by atoms with Crippen LogP contribution in [0.1, 0.15) is 17.0 Å². The maximum Gasteiger partial charge on any atom is 0.276 e.